The normalized spacial score (nSPS) is 12.7. The summed E-state index contributed by atoms with van der Waals surface area (Å²) >= 11 is 0. The summed E-state index contributed by atoms with van der Waals surface area (Å²) in [4.78, 5) is 23.5. The molecule has 0 atom stereocenters. The number of amides is 2. The lowest BCUT2D eigenvalue weighted by Gasteiger charge is -2.17. The molecule has 6 nitrogen and oxygen atoms in total. The van der Waals surface area contributed by atoms with Crippen LogP contribution in [0.3, 0.4) is 0 Å². The largest absolute Gasteiger partial charge is 0.492 e. The monoisotopic (exact) mass is 422 g/mol. The van der Waals surface area contributed by atoms with Gasteiger partial charge in [0.25, 0.3) is 0 Å². The number of ether oxygens (including phenoxy) is 1. The van der Waals surface area contributed by atoms with Crippen molar-refractivity contribution >= 4 is 17.5 Å². The molecule has 3 aromatic rings. The summed E-state index contributed by atoms with van der Waals surface area (Å²) < 4.78 is 25.2. The predicted molar refractivity (Wildman–Crippen MR) is 114 cm³/mol. The minimum atomic E-state index is -0.343. The third kappa shape index (κ3) is 5.31. The number of halogens is 1. The molecule has 31 heavy (non-hydrogen) atoms. The van der Waals surface area contributed by atoms with Crippen molar-refractivity contribution in [2.75, 3.05) is 18.5 Å². The van der Waals surface area contributed by atoms with E-state index in [-0.39, 0.29) is 24.1 Å². The standard InChI is InChI=1S/C24H23FN2O4/c25-20-4-2-1-3-19(20)22-10-7-17(31-22)8-12-23(28)26-13-14-30-18-6-9-21-16(15-18)5-11-24(29)27-21/h1-4,6-7,9-10,15H,5,8,11-14H2,(H,26,28)(H,27,29). The van der Waals surface area contributed by atoms with Crippen molar-refractivity contribution in [1.82, 2.24) is 5.32 Å². The van der Waals surface area contributed by atoms with Crippen LogP contribution in [-0.2, 0) is 22.4 Å². The summed E-state index contributed by atoms with van der Waals surface area (Å²) in [6.07, 6.45) is 1.87. The highest BCUT2D eigenvalue weighted by atomic mass is 19.1. The molecule has 0 fully saturated rings. The molecule has 0 spiro atoms. The van der Waals surface area contributed by atoms with Crippen LogP contribution in [-0.4, -0.2) is 25.0 Å². The van der Waals surface area contributed by atoms with Gasteiger partial charge in [-0.25, -0.2) is 4.39 Å². The van der Waals surface area contributed by atoms with Crippen LogP contribution < -0.4 is 15.4 Å². The van der Waals surface area contributed by atoms with Gasteiger partial charge in [-0.05, 0) is 54.4 Å². The molecule has 2 heterocycles. The lowest BCUT2D eigenvalue weighted by Crippen LogP contribution is -2.28. The molecule has 160 valence electrons. The van der Waals surface area contributed by atoms with Crippen LogP contribution in [0.15, 0.2) is 59.0 Å². The molecule has 7 heteroatoms. The van der Waals surface area contributed by atoms with Gasteiger partial charge < -0.3 is 19.8 Å². The summed E-state index contributed by atoms with van der Waals surface area (Å²) in [5.41, 5.74) is 2.28. The molecule has 0 radical (unpaired) electrons. The van der Waals surface area contributed by atoms with Crippen molar-refractivity contribution < 1.29 is 23.1 Å². The number of carbonyl (C=O) groups excluding carboxylic acids is 2. The first-order valence-electron chi connectivity index (χ1n) is 10.2. The molecular weight excluding hydrogens is 399 g/mol. The summed E-state index contributed by atoms with van der Waals surface area (Å²) in [6, 6.07) is 15.4. The summed E-state index contributed by atoms with van der Waals surface area (Å²) in [6.45, 7) is 0.723. The number of aryl methyl sites for hydroxylation is 2. The van der Waals surface area contributed by atoms with Gasteiger partial charge in [0.2, 0.25) is 11.8 Å². The Morgan fingerprint density at radius 3 is 2.87 bits per heavy atom. The van der Waals surface area contributed by atoms with Crippen LogP contribution >= 0.6 is 0 Å². The van der Waals surface area contributed by atoms with E-state index in [1.54, 1.807) is 36.4 Å². The average Bonchev–Trinajstić information content (AvgIpc) is 3.24. The Hall–Kier alpha value is -3.61. The van der Waals surface area contributed by atoms with Gasteiger partial charge in [-0.3, -0.25) is 9.59 Å². The van der Waals surface area contributed by atoms with Gasteiger partial charge in [0.05, 0.1) is 12.1 Å². The van der Waals surface area contributed by atoms with E-state index in [9.17, 15) is 14.0 Å². The van der Waals surface area contributed by atoms with Crippen LogP contribution in [0, 0.1) is 5.82 Å². The Bertz CT molecular complexity index is 1090. The quantitative estimate of drug-likeness (QED) is 0.536. The molecule has 0 unspecified atom stereocenters. The van der Waals surface area contributed by atoms with Gasteiger partial charge in [0.15, 0.2) is 0 Å². The topological polar surface area (TPSA) is 80.6 Å². The highest BCUT2D eigenvalue weighted by Crippen LogP contribution is 2.27. The number of furan rings is 1. The first-order chi connectivity index (χ1) is 15.1. The van der Waals surface area contributed by atoms with E-state index in [1.807, 2.05) is 12.1 Å². The second-order valence-corrected chi connectivity index (χ2v) is 7.31. The highest BCUT2D eigenvalue weighted by molar-refractivity contribution is 5.94. The van der Waals surface area contributed by atoms with E-state index >= 15 is 0 Å². The first kappa shape index (κ1) is 20.7. The summed E-state index contributed by atoms with van der Waals surface area (Å²) in [5, 5.41) is 5.65. The molecule has 2 N–H and O–H groups in total. The van der Waals surface area contributed by atoms with E-state index in [4.69, 9.17) is 9.15 Å². The van der Waals surface area contributed by atoms with Crippen molar-refractivity contribution in [1.29, 1.82) is 0 Å². The predicted octanol–water partition coefficient (Wildman–Crippen LogP) is 4.10. The van der Waals surface area contributed by atoms with E-state index in [1.165, 1.54) is 6.07 Å². The van der Waals surface area contributed by atoms with Gasteiger partial charge in [-0.1, -0.05) is 12.1 Å². The number of hydrogen-bond donors (Lipinski definition) is 2. The Kier molecular flexibility index (Phi) is 6.31. The van der Waals surface area contributed by atoms with Gasteiger partial charge in [-0.15, -0.1) is 0 Å². The molecule has 1 aliphatic heterocycles. The second kappa shape index (κ2) is 9.47. The molecular formula is C24H23FN2O4. The molecule has 0 aliphatic carbocycles. The molecule has 0 saturated heterocycles. The van der Waals surface area contributed by atoms with E-state index in [0.717, 1.165) is 11.3 Å². The maximum absolute atomic E-state index is 13.8. The third-order valence-electron chi connectivity index (χ3n) is 5.06. The lowest BCUT2D eigenvalue weighted by molar-refractivity contribution is -0.121. The minimum Gasteiger partial charge on any atom is -0.492 e. The number of hydrogen-bond acceptors (Lipinski definition) is 4. The zero-order chi connectivity index (χ0) is 21.6. The second-order valence-electron chi connectivity index (χ2n) is 7.31. The summed E-state index contributed by atoms with van der Waals surface area (Å²) in [7, 11) is 0. The maximum atomic E-state index is 13.8. The lowest BCUT2D eigenvalue weighted by atomic mass is 10.0. The van der Waals surface area contributed by atoms with E-state index in [2.05, 4.69) is 10.6 Å². The Morgan fingerprint density at radius 2 is 2.00 bits per heavy atom. The Morgan fingerprint density at radius 1 is 1.13 bits per heavy atom. The van der Waals surface area contributed by atoms with Crippen molar-refractivity contribution in [2.45, 2.75) is 25.7 Å². The maximum Gasteiger partial charge on any atom is 0.224 e. The molecule has 0 saturated carbocycles. The van der Waals surface area contributed by atoms with Crippen LogP contribution in [0.4, 0.5) is 10.1 Å². The zero-order valence-corrected chi connectivity index (χ0v) is 16.9. The van der Waals surface area contributed by atoms with E-state index in [0.29, 0.717) is 55.2 Å². The van der Waals surface area contributed by atoms with Gasteiger partial charge in [0.1, 0.15) is 29.7 Å². The molecule has 0 bridgehead atoms. The SMILES string of the molecule is O=C(CCc1ccc(-c2ccccc2F)o1)NCCOc1ccc2c(c1)CCC(=O)N2. The number of fused-ring (bicyclic) bond motifs is 1. The number of benzene rings is 2. The summed E-state index contributed by atoms with van der Waals surface area (Å²) in [5.74, 6) is 1.37. The fraction of sp³-hybridized carbons (Fsp3) is 0.250. The number of nitrogens with one attached hydrogen (secondary N) is 2. The molecule has 4 rings (SSSR count). The van der Waals surface area contributed by atoms with Crippen LogP contribution in [0.5, 0.6) is 5.75 Å². The van der Waals surface area contributed by atoms with Crippen LogP contribution in [0.1, 0.15) is 24.2 Å². The van der Waals surface area contributed by atoms with Crippen LogP contribution in [0.25, 0.3) is 11.3 Å². The number of rotatable bonds is 8. The highest BCUT2D eigenvalue weighted by Gasteiger charge is 2.15. The smallest absolute Gasteiger partial charge is 0.224 e. The van der Waals surface area contributed by atoms with E-state index < -0.39 is 0 Å². The number of carbonyl (C=O) groups is 2. The number of anilines is 1. The van der Waals surface area contributed by atoms with Gasteiger partial charge in [-0.2, -0.15) is 0 Å². The fourth-order valence-electron chi connectivity index (χ4n) is 3.45. The minimum absolute atomic E-state index is 0.0295. The fourth-order valence-corrected chi connectivity index (χ4v) is 3.45. The first-order valence-corrected chi connectivity index (χ1v) is 10.2. The average molecular weight is 422 g/mol. The van der Waals surface area contributed by atoms with Crippen LogP contribution in [0.2, 0.25) is 0 Å². The molecule has 1 aliphatic rings. The Balaban J connectivity index is 1.18. The van der Waals surface area contributed by atoms with Crippen molar-refractivity contribution in [3.8, 4) is 17.1 Å². The van der Waals surface area contributed by atoms with Gasteiger partial charge >= 0.3 is 0 Å². The molecule has 1 aromatic heterocycles. The van der Waals surface area contributed by atoms with Crippen molar-refractivity contribution in [3.63, 3.8) is 0 Å². The molecule has 2 amide bonds. The zero-order valence-electron chi connectivity index (χ0n) is 16.9. The van der Waals surface area contributed by atoms with Crippen molar-refractivity contribution in [2.24, 2.45) is 0 Å². The molecule has 2 aromatic carbocycles. The third-order valence-corrected chi connectivity index (χ3v) is 5.06. The van der Waals surface area contributed by atoms with Gasteiger partial charge in [0, 0.05) is 24.9 Å². The Labute approximate surface area is 179 Å². The van der Waals surface area contributed by atoms with Crippen molar-refractivity contribution in [3.05, 3.63) is 71.7 Å².